The number of ether oxygens (including phenoxy) is 1. The minimum absolute atomic E-state index is 0.248. The molecule has 5 rings (SSSR count). The van der Waals surface area contributed by atoms with Gasteiger partial charge in [-0.2, -0.15) is 0 Å². The number of hydrogen-bond acceptors (Lipinski definition) is 4. The Kier molecular flexibility index (Phi) is 4.13. The molecule has 1 aromatic rings. The molecule has 0 aromatic heterocycles. The standard InChI is InChI=1S/C19H20Cl2O4/c20-13-1-2-14(15(21)4-13)16(22)9-25-17(23)18-5-11-3-12(6-18)8-19(24,7-11)10-18/h1-2,4,11-12,24H,3,5-10H2. The fraction of sp³-hybridized carbons (Fsp3) is 0.579. The highest BCUT2D eigenvalue weighted by Crippen LogP contribution is 2.61. The molecule has 0 saturated heterocycles. The van der Waals surface area contributed by atoms with Crippen molar-refractivity contribution in [2.75, 3.05) is 6.61 Å². The number of benzene rings is 1. The molecule has 4 saturated carbocycles. The van der Waals surface area contributed by atoms with Crippen LogP contribution in [-0.2, 0) is 9.53 Å². The molecular weight excluding hydrogens is 363 g/mol. The predicted octanol–water partition coefficient (Wildman–Crippen LogP) is 4.05. The summed E-state index contributed by atoms with van der Waals surface area (Å²) in [6, 6.07) is 4.61. The van der Waals surface area contributed by atoms with Crippen molar-refractivity contribution in [2.24, 2.45) is 17.3 Å². The van der Waals surface area contributed by atoms with Crippen LogP contribution in [0.15, 0.2) is 18.2 Å². The number of Topliss-reactive ketones (excluding diaryl/α,β-unsaturated/α-hetero) is 1. The molecule has 2 atom stereocenters. The molecular formula is C19H20Cl2O4. The number of carbonyl (C=O) groups is 2. The predicted molar refractivity (Wildman–Crippen MR) is 93.8 cm³/mol. The van der Waals surface area contributed by atoms with Crippen molar-refractivity contribution in [3.63, 3.8) is 0 Å². The molecule has 0 amide bonds. The maximum atomic E-state index is 12.8. The fourth-order valence-electron chi connectivity index (χ4n) is 5.53. The summed E-state index contributed by atoms with van der Waals surface area (Å²) in [5.41, 5.74) is -1.06. The van der Waals surface area contributed by atoms with E-state index in [1.807, 2.05) is 0 Å². The van der Waals surface area contributed by atoms with E-state index in [9.17, 15) is 14.7 Å². The zero-order valence-corrected chi connectivity index (χ0v) is 15.3. The number of esters is 1. The smallest absolute Gasteiger partial charge is 0.312 e. The average molecular weight is 383 g/mol. The van der Waals surface area contributed by atoms with E-state index < -0.39 is 11.0 Å². The van der Waals surface area contributed by atoms with Crippen molar-refractivity contribution in [1.82, 2.24) is 0 Å². The first-order valence-electron chi connectivity index (χ1n) is 8.67. The van der Waals surface area contributed by atoms with Crippen LogP contribution in [0.25, 0.3) is 0 Å². The lowest BCUT2D eigenvalue weighted by atomic mass is 9.48. The van der Waals surface area contributed by atoms with Gasteiger partial charge in [0, 0.05) is 10.6 Å². The summed E-state index contributed by atoms with van der Waals surface area (Å²) in [5, 5.41) is 11.4. The summed E-state index contributed by atoms with van der Waals surface area (Å²) in [6.07, 6.45) is 4.66. The van der Waals surface area contributed by atoms with Gasteiger partial charge < -0.3 is 9.84 Å². The van der Waals surface area contributed by atoms with Gasteiger partial charge in [0.2, 0.25) is 5.78 Å². The highest BCUT2D eigenvalue weighted by atomic mass is 35.5. The second-order valence-corrected chi connectivity index (χ2v) is 8.93. The first-order valence-corrected chi connectivity index (χ1v) is 9.42. The van der Waals surface area contributed by atoms with Crippen LogP contribution >= 0.6 is 23.2 Å². The quantitative estimate of drug-likeness (QED) is 0.629. The molecule has 4 bridgehead atoms. The number of rotatable bonds is 4. The number of carbonyl (C=O) groups excluding carboxylic acids is 2. The van der Waals surface area contributed by atoms with E-state index in [1.54, 1.807) is 6.07 Å². The topological polar surface area (TPSA) is 63.6 Å². The van der Waals surface area contributed by atoms with Crippen LogP contribution in [-0.4, -0.2) is 29.1 Å². The van der Waals surface area contributed by atoms with E-state index in [2.05, 4.69) is 0 Å². The molecule has 134 valence electrons. The van der Waals surface area contributed by atoms with Crippen molar-refractivity contribution in [3.05, 3.63) is 33.8 Å². The summed E-state index contributed by atoms with van der Waals surface area (Å²) in [6.45, 7) is -0.338. The van der Waals surface area contributed by atoms with Crippen molar-refractivity contribution in [3.8, 4) is 0 Å². The Morgan fingerprint density at radius 3 is 2.44 bits per heavy atom. The molecule has 25 heavy (non-hydrogen) atoms. The van der Waals surface area contributed by atoms with Gasteiger partial charge in [-0.1, -0.05) is 23.2 Å². The molecule has 1 N–H and O–H groups in total. The van der Waals surface area contributed by atoms with E-state index in [0.717, 1.165) is 32.1 Å². The minimum Gasteiger partial charge on any atom is -0.457 e. The van der Waals surface area contributed by atoms with Gasteiger partial charge >= 0.3 is 5.97 Å². The number of halogens is 2. The van der Waals surface area contributed by atoms with Crippen LogP contribution in [0.1, 0.15) is 48.9 Å². The third-order valence-electron chi connectivity index (χ3n) is 6.03. The Morgan fingerprint density at radius 1 is 1.16 bits per heavy atom. The SMILES string of the molecule is O=C(COC(=O)C12CC3CC(CC(O)(C3)C1)C2)c1ccc(Cl)cc1Cl. The first kappa shape index (κ1) is 17.3. The minimum atomic E-state index is -0.730. The second-order valence-electron chi connectivity index (χ2n) is 8.09. The van der Waals surface area contributed by atoms with E-state index in [1.165, 1.54) is 12.1 Å². The maximum Gasteiger partial charge on any atom is 0.312 e. The second kappa shape index (κ2) is 5.97. The zero-order valence-electron chi connectivity index (χ0n) is 13.8. The maximum absolute atomic E-state index is 12.8. The average Bonchev–Trinajstić information content (AvgIpc) is 2.49. The zero-order chi connectivity index (χ0) is 17.8. The van der Waals surface area contributed by atoms with E-state index in [-0.39, 0.29) is 23.4 Å². The van der Waals surface area contributed by atoms with Crippen LogP contribution in [0.5, 0.6) is 0 Å². The Balaban J connectivity index is 1.45. The molecule has 4 fully saturated rings. The van der Waals surface area contributed by atoms with E-state index in [4.69, 9.17) is 27.9 Å². The summed E-state index contributed by atoms with van der Waals surface area (Å²) in [7, 11) is 0. The number of hydrogen-bond donors (Lipinski definition) is 1. The Morgan fingerprint density at radius 2 is 1.84 bits per heavy atom. The van der Waals surface area contributed by atoms with Gasteiger partial charge in [0.25, 0.3) is 0 Å². The van der Waals surface area contributed by atoms with E-state index in [0.29, 0.717) is 28.8 Å². The van der Waals surface area contributed by atoms with Crippen LogP contribution in [0.2, 0.25) is 10.0 Å². The molecule has 1 aromatic carbocycles. The van der Waals surface area contributed by atoms with Gasteiger partial charge in [0.05, 0.1) is 16.0 Å². The van der Waals surface area contributed by atoms with Crippen molar-refractivity contribution in [2.45, 2.75) is 44.1 Å². The fourth-order valence-corrected chi connectivity index (χ4v) is 6.04. The van der Waals surface area contributed by atoms with Gasteiger partial charge in [-0.25, -0.2) is 0 Å². The molecule has 6 heteroatoms. The van der Waals surface area contributed by atoms with Crippen LogP contribution in [0, 0.1) is 17.3 Å². The van der Waals surface area contributed by atoms with Crippen molar-refractivity contribution < 1.29 is 19.4 Å². The molecule has 2 unspecified atom stereocenters. The van der Waals surface area contributed by atoms with Gasteiger partial charge in [0.15, 0.2) is 6.61 Å². The lowest BCUT2D eigenvalue weighted by Crippen LogP contribution is -2.58. The van der Waals surface area contributed by atoms with Crippen LogP contribution in [0.3, 0.4) is 0 Å². The highest BCUT2D eigenvalue weighted by molar-refractivity contribution is 6.36. The molecule has 0 aliphatic heterocycles. The molecule has 0 heterocycles. The first-order chi connectivity index (χ1) is 11.8. The molecule has 0 radical (unpaired) electrons. The summed E-state index contributed by atoms with van der Waals surface area (Å²) in [4.78, 5) is 25.1. The van der Waals surface area contributed by atoms with Crippen molar-refractivity contribution in [1.29, 1.82) is 0 Å². The van der Waals surface area contributed by atoms with Gasteiger partial charge in [-0.3, -0.25) is 9.59 Å². The summed E-state index contributed by atoms with van der Waals surface area (Å²) >= 11 is 11.9. The third kappa shape index (κ3) is 3.09. The highest BCUT2D eigenvalue weighted by Gasteiger charge is 2.60. The van der Waals surface area contributed by atoms with Crippen LogP contribution < -0.4 is 0 Å². The summed E-state index contributed by atoms with van der Waals surface area (Å²) < 4.78 is 5.38. The molecule has 0 spiro atoms. The summed E-state index contributed by atoms with van der Waals surface area (Å²) in [5.74, 6) is 0.0809. The Labute approximate surface area is 156 Å². The van der Waals surface area contributed by atoms with Crippen molar-refractivity contribution >= 4 is 35.0 Å². The largest absolute Gasteiger partial charge is 0.457 e. The Hall–Kier alpha value is -1.10. The molecule has 4 aliphatic carbocycles. The lowest BCUT2D eigenvalue weighted by molar-refractivity contribution is -0.195. The van der Waals surface area contributed by atoms with E-state index >= 15 is 0 Å². The number of ketones is 1. The van der Waals surface area contributed by atoms with Gasteiger partial charge in [-0.15, -0.1) is 0 Å². The third-order valence-corrected chi connectivity index (χ3v) is 6.58. The van der Waals surface area contributed by atoms with Gasteiger partial charge in [0.1, 0.15) is 0 Å². The van der Waals surface area contributed by atoms with Gasteiger partial charge in [-0.05, 0) is 68.6 Å². The molecule has 4 aliphatic rings. The Bertz CT molecular complexity index is 731. The normalized spacial score (nSPS) is 35.6. The van der Waals surface area contributed by atoms with Crippen LogP contribution in [0.4, 0.5) is 0 Å². The number of aliphatic hydroxyl groups is 1. The monoisotopic (exact) mass is 382 g/mol. The lowest BCUT2D eigenvalue weighted by Gasteiger charge is -2.58. The molecule has 4 nitrogen and oxygen atoms in total.